The van der Waals surface area contributed by atoms with Crippen molar-refractivity contribution in [3.63, 3.8) is 0 Å². The minimum atomic E-state index is -4.77. The van der Waals surface area contributed by atoms with Gasteiger partial charge in [-0.15, -0.1) is 13.2 Å². The van der Waals surface area contributed by atoms with E-state index in [9.17, 15) is 21.6 Å². The fourth-order valence-electron chi connectivity index (χ4n) is 4.19. The number of rotatable bonds is 7. The van der Waals surface area contributed by atoms with E-state index in [-0.39, 0.29) is 17.9 Å². The SMILES string of the molecule is O=S(=O)(NCCCN1c2ccccc2CCc2ccc(Cl)cc21)C1=CCC(OC(F)(F)F)C=C1. The van der Waals surface area contributed by atoms with E-state index in [1.165, 1.54) is 17.2 Å². The second-order valence-corrected chi connectivity index (χ2v) is 10.3. The van der Waals surface area contributed by atoms with Crippen molar-refractivity contribution in [3.8, 4) is 0 Å². The predicted octanol–water partition coefficient (Wildman–Crippen LogP) is 5.64. The van der Waals surface area contributed by atoms with E-state index >= 15 is 0 Å². The molecule has 0 saturated carbocycles. The molecule has 0 aromatic heterocycles. The van der Waals surface area contributed by atoms with E-state index in [4.69, 9.17) is 11.6 Å². The Kier molecular flexibility index (Phi) is 7.37. The average molecular weight is 513 g/mol. The molecule has 0 saturated heterocycles. The molecule has 5 nitrogen and oxygen atoms in total. The molecule has 1 atom stereocenters. The van der Waals surface area contributed by atoms with Gasteiger partial charge in [0.05, 0.1) is 11.0 Å². The maximum absolute atomic E-state index is 12.6. The lowest BCUT2D eigenvalue weighted by Crippen LogP contribution is -2.30. The summed E-state index contributed by atoms with van der Waals surface area (Å²) in [7, 11) is -3.84. The molecule has 0 bridgehead atoms. The molecule has 4 rings (SSSR count). The Labute approximate surface area is 201 Å². The third-order valence-corrected chi connectivity index (χ3v) is 7.50. The first-order valence-corrected chi connectivity index (χ1v) is 12.7. The van der Waals surface area contributed by atoms with Crippen molar-refractivity contribution in [1.29, 1.82) is 0 Å². The van der Waals surface area contributed by atoms with Crippen LogP contribution in [0.5, 0.6) is 0 Å². The van der Waals surface area contributed by atoms with Gasteiger partial charge in [0, 0.05) is 29.5 Å². The molecule has 2 aromatic carbocycles. The Morgan fingerprint density at radius 2 is 1.82 bits per heavy atom. The summed E-state index contributed by atoms with van der Waals surface area (Å²) in [5, 5.41) is 0.632. The van der Waals surface area contributed by atoms with Crippen LogP contribution in [0, 0.1) is 0 Å². The average Bonchev–Trinajstić information content (AvgIpc) is 2.93. The Morgan fingerprint density at radius 3 is 2.53 bits per heavy atom. The van der Waals surface area contributed by atoms with Gasteiger partial charge < -0.3 is 4.90 Å². The van der Waals surface area contributed by atoms with Gasteiger partial charge in [0.25, 0.3) is 0 Å². The number of hydrogen-bond acceptors (Lipinski definition) is 4. The molecular weight excluding hydrogens is 489 g/mol. The number of halogens is 4. The second kappa shape index (κ2) is 10.1. The number of fused-ring (bicyclic) bond motifs is 2. The molecule has 0 fully saturated rings. The highest BCUT2D eigenvalue weighted by molar-refractivity contribution is 7.93. The van der Waals surface area contributed by atoms with Gasteiger partial charge in [-0.25, -0.2) is 13.1 Å². The number of benzene rings is 2. The Bertz CT molecular complexity index is 1210. The Hall–Kier alpha value is -2.33. The zero-order valence-corrected chi connectivity index (χ0v) is 19.8. The lowest BCUT2D eigenvalue weighted by Gasteiger charge is -2.27. The van der Waals surface area contributed by atoms with Gasteiger partial charge in [0.1, 0.15) is 0 Å². The van der Waals surface area contributed by atoms with Crippen molar-refractivity contribution in [3.05, 3.63) is 81.7 Å². The van der Waals surface area contributed by atoms with E-state index < -0.39 is 22.5 Å². The Morgan fingerprint density at radius 1 is 1.09 bits per heavy atom. The van der Waals surface area contributed by atoms with Crippen LogP contribution in [0.3, 0.4) is 0 Å². The van der Waals surface area contributed by atoms with Gasteiger partial charge in [-0.05, 0) is 61.1 Å². The van der Waals surface area contributed by atoms with E-state index in [2.05, 4.69) is 20.4 Å². The van der Waals surface area contributed by atoms with Crippen LogP contribution in [0.1, 0.15) is 24.0 Å². The maximum Gasteiger partial charge on any atom is 0.523 e. The summed E-state index contributed by atoms with van der Waals surface area (Å²) in [4.78, 5) is 2.10. The number of nitrogens with zero attached hydrogens (tertiary/aromatic N) is 1. The molecule has 1 aliphatic carbocycles. The molecular formula is C24H24ClF3N2O3S. The molecule has 0 amide bonds. The lowest BCUT2D eigenvalue weighted by atomic mass is 10.0. The molecule has 1 aliphatic heterocycles. The number of nitrogens with one attached hydrogen (secondary N) is 1. The highest BCUT2D eigenvalue weighted by atomic mass is 35.5. The minimum Gasteiger partial charge on any atom is -0.341 e. The van der Waals surface area contributed by atoms with Crippen molar-refractivity contribution < 1.29 is 26.3 Å². The normalized spacial score (nSPS) is 18.2. The summed E-state index contributed by atoms with van der Waals surface area (Å²) in [6, 6.07) is 13.9. The molecule has 0 spiro atoms. The van der Waals surface area contributed by atoms with Crippen molar-refractivity contribution in [2.75, 3.05) is 18.0 Å². The van der Waals surface area contributed by atoms with Crippen molar-refractivity contribution in [1.82, 2.24) is 4.72 Å². The number of anilines is 2. The summed E-state index contributed by atoms with van der Waals surface area (Å²) in [6.07, 6.45) is -0.393. The third-order valence-electron chi connectivity index (χ3n) is 5.76. The predicted molar refractivity (Wildman–Crippen MR) is 127 cm³/mol. The smallest absolute Gasteiger partial charge is 0.341 e. The number of allylic oxidation sites excluding steroid dienone is 1. The number of hydrogen-bond donors (Lipinski definition) is 1. The van der Waals surface area contributed by atoms with Gasteiger partial charge in [-0.3, -0.25) is 4.74 Å². The maximum atomic E-state index is 12.6. The molecule has 1 unspecified atom stereocenters. The first kappa shape index (κ1) is 24.8. The van der Waals surface area contributed by atoms with Crippen LogP contribution in [0.15, 0.2) is 65.6 Å². The van der Waals surface area contributed by atoms with Crippen LogP contribution in [-0.2, 0) is 27.6 Å². The van der Waals surface area contributed by atoms with Crippen LogP contribution in [0.2, 0.25) is 5.02 Å². The zero-order chi connectivity index (χ0) is 24.3. The second-order valence-electron chi connectivity index (χ2n) is 8.11. The van der Waals surface area contributed by atoms with Crippen molar-refractivity contribution in [2.45, 2.75) is 38.1 Å². The minimum absolute atomic E-state index is 0.0632. The van der Waals surface area contributed by atoms with Gasteiger partial charge in [0.2, 0.25) is 10.0 Å². The summed E-state index contributed by atoms with van der Waals surface area (Å²) >= 11 is 6.27. The van der Waals surface area contributed by atoms with Crippen LogP contribution >= 0.6 is 11.6 Å². The van der Waals surface area contributed by atoms with Crippen LogP contribution in [0.4, 0.5) is 24.5 Å². The van der Waals surface area contributed by atoms with Gasteiger partial charge in [0.15, 0.2) is 0 Å². The topological polar surface area (TPSA) is 58.6 Å². The number of alkyl halides is 3. The number of ether oxygens (including phenoxy) is 1. The summed E-state index contributed by atoms with van der Waals surface area (Å²) in [5.41, 5.74) is 4.46. The first-order chi connectivity index (χ1) is 16.1. The first-order valence-electron chi connectivity index (χ1n) is 10.9. The molecule has 0 radical (unpaired) electrons. The standard InChI is InChI=1S/C24H24ClF3N2O3S/c25-19-9-8-18-7-6-17-4-1-2-5-22(17)30(23(18)16-19)15-3-14-29-34(31,32)21-12-10-20(11-13-21)33-24(26,27)28/h1-2,4-5,8-10,12-13,16,20,29H,3,6-7,11,14-15H2. The highest BCUT2D eigenvalue weighted by Crippen LogP contribution is 2.37. The van der Waals surface area contributed by atoms with Gasteiger partial charge >= 0.3 is 6.36 Å². The molecule has 1 N–H and O–H groups in total. The van der Waals surface area contributed by atoms with E-state index in [1.807, 2.05) is 36.4 Å². The van der Waals surface area contributed by atoms with Crippen LogP contribution in [0.25, 0.3) is 0 Å². The summed E-state index contributed by atoms with van der Waals surface area (Å²) < 4.78 is 68.7. The van der Waals surface area contributed by atoms with Crippen LogP contribution in [-0.4, -0.2) is 34.0 Å². The van der Waals surface area contributed by atoms with Crippen molar-refractivity contribution >= 4 is 33.0 Å². The van der Waals surface area contributed by atoms with E-state index in [0.29, 0.717) is 18.0 Å². The van der Waals surface area contributed by atoms with Crippen molar-refractivity contribution in [2.24, 2.45) is 0 Å². The summed E-state index contributed by atoms with van der Waals surface area (Å²) in [5.74, 6) is 0. The fraction of sp³-hybridized carbons (Fsp3) is 0.333. The number of sulfonamides is 1. The monoisotopic (exact) mass is 512 g/mol. The zero-order valence-electron chi connectivity index (χ0n) is 18.2. The third kappa shape index (κ3) is 6.02. The van der Waals surface area contributed by atoms with Crippen LogP contribution < -0.4 is 9.62 Å². The molecule has 1 heterocycles. The molecule has 182 valence electrons. The quantitative estimate of drug-likeness (QED) is 0.488. The molecule has 10 heteroatoms. The molecule has 2 aromatic rings. The lowest BCUT2D eigenvalue weighted by molar-refractivity contribution is -0.335. The highest BCUT2D eigenvalue weighted by Gasteiger charge is 2.33. The Balaban J connectivity index is 1.40. The largest absolute Gasteiger partial charge is 0.523 e. The summed E-state index contributed by atoms with van der Waals surface area (Å²) in [6.45, 7) is 0.730. The number of para-hydroxylation sites is 1. The number of aryl methyl sites for hydroxylation is 2. The molecule has 2 aliphatic rings. The van der Waals surface area contributed by atoms with E-state index in [0.717, 1.165) is 36.4 Å². The fourth-order valence-corrected chi connectivity index (χ4v) is 5.51. The van der Waals surface area contributed by atoms with Gasteiger partial charge in [-0.1, -0.05) is 48.0 Å². The van der Waals surface area contributed by atoms with E-state index in [1.54, 1.807) is 0 Å². The molecule has 34 heavy (non-hydrogen) atoms. The van der Waals surface area contributed by atoms with Gasteiger partial charge in [-0.2, -0.15) is 0 Å².